The summed E-state index contributed by atoms with van der Waals surface area (Å²) < 4.78 is 5.25. The molecule has 5 heteroatoms. The zero-order valence-electron chi connectivity index (χ0n) is 10.5. The molecule has 0 amide bonds. The van der Waals surface area contributed by atoms with Crippen molar-refractivity contribution in [2.24, 2.45) is 0 Å². The van der Waals surface area contributed by atoms with Gasteiger partial charge in [0, 0.05) is 12.3 Å². The Morgan fingerprint density at radius 1 is 1.35 bits per heavy atom. The highest BCUT2D eigenvalue weighted by atomic mass is 16.5. The van der Waals surface area contributed by atoms with E-state index in [1.165, 1.54) is 6.07 Å². The van der Waals surface area contributed by atoms with Crippen LogP contribution < -0.4 is 4.74 Å². The molecule has 0 aliphatic heterocycles. The minimum atomic E-state index is 0.0755. The first kappa shape index (κ1) is 12.1. The molecular formula is C15H11N3O2. The van der Waals surface area contributed by atoms with Gasteiger partial charge in [0.15, 0.2) is 0 Å². The molecule has 0 fully saturated rings. The van der Waals surface area contributed by atoms with Crippen LogP contribution in [0.25, 0.3) is 22.4 Å². The second-order valence-corrected chi connectivity index (χ2v) is 4.15. The monoisotopic (exact) mass is 265 g/mol. The van der Waals surface area contributed by atoms with Gasteiger partial charge in [0.1, 0.15) is 23.9 Å². The molecule has 0 aliphatic rings. The van der Waals surface area contributed by atoms with Crippen LogP contribution in [0, 0.1) is 12.3 Å². The predicted molar refractivity (Wildman–Crippen MR) is 75.3 cm³/mol. The van der Waals surface area contributed by atoms with Gasteiger partial charge in [-0.05, 0) is 18.2 Å². The van der Waals surface area contributed by atoms with Gasteiger partial charge in [-0.3, -0.25) is 4.98 Å². The third-order valence-corrected chi connectivity index (χ3v) is 2.83. The molecule has 20 heavy (non-hydrogen) atoms. The topological polar surface area (TPSA) is 71.0 Å². The zero-order chi connectivity index (χ0) is 13.9. The van der Waals surface area contributed by atoms with Crippen LogP contribution in [0.4, 0.5) is 0 Å². The van der Waals surface area contributed by atoms with E-state index in [9.17, 15) is 5.11 Å². The van der Waals surface area contributed by atoms with E-state index in [2.05, 4.69) is 20.9 Å². The van der Waals surface area contributed by atoms with Gasteiger partial charge in [0.2, 0.25) is 0 Å². The van der Waals surface area contributed by atoms with Crippen molar-refractivity contribution in [3.8, 4) is 35.2 Å². The number of hydrogen-bond donors (Lipinski definition) is 2. The lowest BCUT2D eigenvalue weighted by molar-refractivity contribution is 0.367. The average Bonchev–Trinajstić information content (AvgIpc) is 2.88. The van der Waals surface area contributed by atoms with Crippen molar-refractivity contribution >= 4 is 11.0 Å². The summed E-state index contributed by atoms with van der Waals surface area (Å²) >= 11 is 0. The summed E-state index contributed by atoms with van der Waals surface area (Å²) in [5.74, 6) is 3.54. The van der Waals surface area contributed by atoms with Crippen molar-refractivity contribution in [3.05, 3.63) is 36.7 Å². The molecule has 0 unspecified atom stereocenters. The van der Waals surface area contributed by atoms with Crippen molar-refractivity contribution in [2.75, 3.05) is 6.61 Å². The lowest BCUT2D eigenvalue weighted by Gasteiger charge is -2.05. The molecule has 0 saturated heterocycles. The van der Waals surface area contributed by atoms with Crippen molar-refractivity contribution in [2.45, 2.75) is 0 Å². The Bertz CT molecular complexity index is 769. The fraction of sp³-hybridized carbons (Fsp3) is 0.0667. The number of phenols is 1. The normalized spacial score (nSPS) is 10.3. The number of pyridine rings is 1. The lowest BCUT2D eigenvalue weighted by Crippen LogP contribution is -1.93. The van der Waals surface area contributed by atoms with E-state index < -0.39 is 0 Å². The van der Waals surface area contributed by atoms with Crippen molar-refractivity contribution in [3.63, 3.8) is 0 Å². The van der Waals surface area contributed by atoms with Gasteiger partial charge in [-0.1, -0.05) is 5.92 Å². The summed E-state index contributed by atoms with van der Waals surface area (Å²) in [5, 5.41) is 10.1. The highest BCUT2D eigenvalue weighted by Gasteiger charge is 2.10. The van der Waals surface area contributed by atoms with E-state index in [0.717, 1.165) is 11.0 Å². The Balaban J connectivity index is 1.99. The predicted octanol–water partition coefficient (Wildman–Crippen LogP) is 2.34. The van der Waals surface area contributed by atoms with Crippen LogP contribution in [-0.2, 0) is 0 Å². The maximum atomic E-state index is 10.1. The third-order valence-electron chi connectivity index (χ3n) is 2.83. The lowest BCUT2D eigenvalue weighted by atomic mass is 10.2. The zero-order valence-corrected chi connectivity index (χ0v) is 10.5. The number of nitrogens with zero attached hydrogens (tertiary/aromatic N) is 2. The number of fused-ring (bicyclic) bond motifs is 1. The number of nitrogens with one attached hydrogen (secondary N) is 1. The summed E-state index contributed by atoms with van der Waals surface area (Å²) in [5.41, 5.74) is 2.20. The van der Waals surface area contributed by atoms with Gasteiger partial charge >= 0.3 is 0 Å². The molecule has 2 heterocycles. The van der Waals surface area contributed by atoms with Crippen LogP contribution in [0.1, 0.15) is 0 Å². The van der Waals surface area contributed by atoms with Crippen molar-refractivity contribution < 1.29 is 9.84 Å². The fourth-order valence-electron chi connectivity index (χ4n) is 1.91. The Kier molecular flexibility index (Phi) is 2.98. The minimum absolute atomic E-state index is 0.0755. The molecule has 5 nitrogen and oxygen atoms in total. The van der Waals surface area contributed by atoms with Crippen molar-refractivity contribution in [1.29, 1.82) is 0 Å². The second kappa shape index (κ2) is 4.94. The molecule has 98 valence electrons. The standard InChI is InChI=1S/C15H11N3O2/c1-2-7-20-10-3-4-11(14(19)8-10)15-17-12-5-6-16-9-13(12)18-15/h1,3-6,8-9,19H,7H2,(H,17,18). The summed E-state index contributed by atoms with van der Waals surface area (Å²) in [4.78, 5) is 11.5. The number of phenolic OH excluding ortho intramolecular Hbond substituents is 1. The van der Waals surface area contributed by atoms with E-state index >= 15 is 0 Å². The maximum Gasteiger partial charge on any atom is 0.148 e. The van der Waals surface area contributed by atoms with Crippen LogP contribution in [0.15, 0.2) is 36.7 Å². The van der Waals surface area contributed by atoms with E-state index in [1.54, 1.807) is 30.6 Å². The first-order chi connectivity index (χ1) is 9.78. The summed E-state index contributed by atoms with van der Waals surface area (Å²) in [6.07, 6.45) is 8.48. The van der Waals surface area contributed by atoms with Gasteiger partial charge in [-0.2, -0.15) is 0 Å². The second-order valence-electron chi connectivity index (χ2n) is 4.15. The summed E-state index contributed by atoms with van der Waals surface area (Å²) in [6, 6.07) is 6.78. The number of hydrogen-bond acceptors (Lipinski definition) is 4. The number of rotatable bonds is 3. The summed E-state index contributed by atoms with van der Waals surface area (Å²) in [7, 11) is 0. The van der Waals surface area contributed by atoms with E-state index in [4.69, 9.17) is 11.2 Å². The molecule has 3 rings (SSSR count). The summed E-state index contributed by atoms with van der Waals surface area (Å²) in [6.45, 7) is 0.162. The van der Waals surface area contributed by atoms with Gasteiger partial charge in [-0.15, -0.1) is 6.42 Å². The maximum absolute atomic E-state index is 10.1. The molecule has 2 aromatic heterocycles. The number of aromatic nitrogens is 3. The number of H-pyrrole nitrogens is 1. The van der Waals surface area contributed by atoms with E-state index in [0.29, 0.717) is 17.1 Å². The highest BCUT2D eigenvalue weighted by Crippen LogP contribution is 2.31. The first-order valence-corrected chi connectivity index (χ1v) is 5.97. The molecule has 0 saturated carbocycles. The van der Waals surface area contributed by atoms with Crippen molar-refractivity contribution in [1.82, 2.24) is 15.0 Å². The van der Waals surface area contributed by atoms with Crippen LogP contribution >= 0.6 is 0 Å². The SMILES string of the molecule is C#CCOc1ccc(-c2nc3ccncc3[nH]2)c(O)c1. The molecule has 3 aromatic rings. The number of terminal acetylenes is 1. The smallest absolute Gasteiger partial charge is 0.148 e. The molecule has 2 N–H and O–H groups in total. The number of imidazole rings is 1. The number of aromatic hydroxyl groups is 1. The van der Waals surface area contributed by atoms with Gasteiger partial charge in [0.05, 0.1) is 22.8 Å². The fourth-order valence-corrected chi connectivity index (χ4v) is 1.91. The molecule has 0 atom stereocenters. The van der Waals surface area contributed by atoms with E-state index in [-0.39, 0.29) is 12.4 Å². The van der Waals surface area contributed by atoms with Crippen LogP contribution in [0.5, 0.6) is 11.5 Å². The minimum Gasteiger partial charge on any atom is -0.507 e. The van der Waals surface area contributed by atoms with E-state index in [1.807, 2.05) is 0 Å². The van der Waals surface area contributed by atoms with Crippen LogP contribution in [-0.4, -0.2) is 26.7 Å². The molecule has 0 spiro atoms. The molecule has 1 aromatic carbocycles. The first-order valence-electron chi connectivity index (χ1n) is 5.97. The molecule has 0 radical (unpaired) electrons. The Labute approximate surface area is 115 Å². The highest BCUT2D eigenvalue weighted by molar-refractivity contribution is 5.79. The quantitative estimate of drug-likeness (QED) is 0.713. The molecule has 0 aliphatic carbocycles. The van der Waals surface area contributed by atoms with Gasteiger partial charge in [0.25, 0.3) is 0 Å². The largest absolute Gasteiger partial charge is 0.507 e. The Hall–Kier alpha value is -3.00. The Morgan fingerprint density at radius 3 is 3.00 bits per heavy atom. The number of ether oxygens (including phenoxy) is 1. The van der Waals surface area contributed by atoms with Crippen LogP contribution in [0.3, 0.4) is 0 Å². The van der Waals surface area contributed by atoms with Crippen LogP contribution in [0.2, 0.25) is 0 Å². The molecular weight excluding hydrogens is 254 g/mol. The van der Waals surface area contributed by atoms with Gasteiger partial charge < -0.3 is 14.8 Å². The third kappa shape index (κ3) is 2.15. The number of aromatic amines is 1. The average molecular weight is 265 g/mol. The Morgan fingerprint density at radius 2 is 2.25 bits per heavy atom. The van der Waals surface area contributed by atoms with Gasteiger partial charge in [-0.25, -0.2) is 4.98 Å². The molecule has 0 bridgehead atoms. The number of benzene rings is 1.